The van der Waals surface area contributed by atoms with Crippen molar-refractivity contribution in [3.63, 3.8) is 0 Å². The van der Waals surface area contributed by atoms with Crippen LogP contribution in [-0.2, 0) is 6.54 Å². The molecule has 0 aromatic carbocycles. The quantitative estimate of drug-likeness (QED) is 0.782. The van der Waals surface area contributed by atoms with Gasteiger partial charge in [0.25, 0.3) is 0 Å². The Morgan fingerprint density at radius 3 is 3.14 bits per heavy atom. The molecule has 6 nitrogen and oxygen atoms in total. The van der Waals surface area contributed by atoms with Gasteiger partial charge in [-0.25, -0.2) is 4.68 Å². The third-order valence-corrected chi connectivity index (χ3v) is 2.38. The standard InChI is InChI=1S/C7H10N6S/c1-5(8)7-2-9-11-13(7)3-6-4-14-12-10-6/h2,4-5H,3,8H2,1H3. The summed E-state index contributed by atoms with van der Waals surface area (Å²) >= 11 is 1.32. The fourth-order valence-electron chi connectivity index (χ4n) is 1.15. The van der Waals surface area contributed by atoms with E-state index < -0.39 is 0 Å². The van der Waals surface area contributed by atoms with Gasteiger partial charge in [-0.3, -0.25) is 0 Å². The van der Waals surface area contributed by atoms with E-state index in [2.05, 4.69) is 19.9 Å². The van der Waals surface area contributed by atoms with Gasteiger partial charge in [0.15, 0.2) is 0 Å². The van der Waals surface area contributed by atoms with Gasteiger partial charge in [0, 0.05) is 11.4 Å². The van der Waals surface area contributed by atoms with E-state index in [4.69, 9.17) is 5.73 Å². The van der Waals surface area contributed by atoms with Gasteiger partial charge < -0.3 is 5.73 Å². The van der Waals surface area contributed by atoms with Gasteiger partial charge >= 0.3 is 0 Å². The van der Waals surface area contributed by atoms with Gasteiger partial charge in [-0.1, -0.05) is 9.70 Å². The molecule has 0 bridgehead atoms. The van der Waals surface area contributed by atoms with E-state index >= 15 is 0 Å². The van der Waals surface area contributed by atoms with E-state index in [9.17, 15) is 0 Å². The lowest BCUT2D eigenvalue weighted by atomic mass is 10.3. The SMILES string of the molecule is CC(N)c1cnnn1Cc1csnn1. The van der Waals surface area contributed by atoms with Crippen LogP contribution >= 0.6 is 11.5 Å². The fourth-order valence-corrected chi connectivity index (χ4v) is 1.59. The zero-order valence-electron chi connectivity index (χ0n) is 7.66. The largest absolute Gasteiger partial charge is 0.323 e. The van der Waals surface area contributed by atoms with Crippen LogP contribution < -0.4 is 5.73 Å². The number of nitrogens with zero attached hydrogens (tertiary/aromatic N) is 5. The van der Waals surface area contributed by atoms with Crippen molar-refractivity contribution in [2.75, 3.05) is 0 Å². The summed E-state index contributed by atoms with van der Waals surface area (Å²) in [6, 6.07) is -0.0726. The number of hydrogen-bond donors (Lipinski definition) is 1. The van der Waals surface area contributed by atoms with Crippen LogP contribution in [0.15, 0.2) is 11.6 Å². The monoisotopic (exact) mass is 210 g/mol. The summed E-state index contributed by atoms with van der Waals surface area (Å²) in [4.78, 5) is 0. The number of nitrogens with two attached hydrogens (primary N) is 1. The van der Waals surface area contributed by atoms with E-state index in [1.54, 1.807) is 10.9 Å². The molecule has 0 spiro atoms. The van der Waals surface area contributed by atoms with Gasteiger partial charge in [0.05, 0.1) is 24.1 Å². The molecule has 2 rings (SSSR count). The molecule has 2 N–H and O–H groups in total. The summed E-state index contributed by atoms with van der Waals surface area (Å²) in [7, 11) is 0. The van der Waals surface area contributed by atoms with Crippen molar-refractivity contribution in [3.8, 4) is 0 Å². The Labute approximate surface area is 84.9 Å². The molecule has 0 aliphatic heterocycles. The van der Waals surface area contributed by atoms with E-state index in [0.29, 0.717) is 6.54 Å². The van der Waals surface area contributed by atoms with Gasteiger partial charge in [-0.15, -0.1) is 10.2 Å². The molecule has 14 heavy (non-hydrogen) atoms. The van der Waals surface area contributed by atoms with Crippen molar-refractivity contribution in [3.05, 3.63) is 23.0 Å². The van der Waals surface area contributed by atoms with Crippen LogP contribution in [-0.4, -0.2) is 24.6 Å². The predicted octanol–water partition coefficient (Wildman–Crippen LogP) is 0.198. The maximum Gasteiger partial charge on any atom is 0.0971 e. The van der Waals surface area contributed by atoms with Gasteiger partial charge in [0.1, 0.15) is 0 Å². The molecule has 0 amide bonds. The van der Waals surface area contributed by atoms with Crippen LogP contribution in [0.1, 0.15) is 24.4 Å². The molecule has 2 heterocycles. The lowest BCUT2D eigenvalue weighted by molar-refractivity contribution is 0.582. The average Bonchev–Trinajstić information content (AvgIpc) is 2.75. The van der Waals surface area contributed by atoms with Crippen LogP contribution in [0, 0.1) is 0 Å². The molecule has 1 unspecified atom stereocenters. The average molecular weight is 210 g/mol. The molecule has 0 aliphatic carbocycles. The zero-order valence-corrected chi connectivity index (χ0v) is 8.48. The minimum atomic E-state index is -0.0726. The maximum absolute atomic E-state index is 5.75. The molecule has 0 saturated heterocycles. The predicted molar refractivity (Wildman–Crippen MR) is 51.6 cm³/mol. The van der Waals surface area contributed by atoms with Crippen molar-refractivity contribution in [2.45, 2.75) is 19.5 Å². The molecule has 74 valence electrons. The maximum atomic E-state index is 5.75. The summed E-state index contributed by atoms with van der Waals surface area (Å²) < 4.78 is 5.51. The van der Waals surface area contributed by atoms with Gasteiger partial charge in [0.2, 0.25) is 0 Å². The van der Waals surface area contributed by atoms with Crippen molar-refractivity contribution < 1.29 is 0 Å². The Morgan fingerprint density at radius 2 is 2.50 bits per heavy atom. The highest BCUT2D eigenvalue weighted by atomic mass is 32.1. The first-order valence-corrected chi connectivity index (χ1v) is 5.01. The molecule has 7 heteroatoms. The molecule has 0 aliphatic rings. The van der Waals surface area contributed by atoms with Crippen molar-refractivity contribution in [1.29, 1.82) is 0 Å². The lowest BCUT2D eigenvalue weighted by Crippen LogP contribution is -2.14. The number of hydrogen-bond acceptors (Lipinski definition) is 6. The molecule has 1 atom stereocenters. The van der Waals surface area contributed by atoms with Crippen LogP contribution in [0.5, 0.6) is 0 Å². The third kappa shape index (κ3) is 1.78. The molecule has 0 fully saturated rings. The lowest BCUT2D eigenvalue weighted by Gasteiger charge is -2.06. The molecular weight excluding hydrogens is 200 g/mol. The molecular formula is C7H10N6S. The van der Waals surface area contributed by atoms with Crippen LogP contribution in [0.3, 0.4) is 0 Å². The smallest absolute Gasteiger partial charge is 0.0971 e. The first kappa shape index (κ1) is 9.22. The Bertz CT molecular complexity index is 392. The van der Waals surface area contributed by atoms with E-state index in [1.165, 1.54) is 11.5 Å². The highest BCUT2D eigenvalue weighted by molar-refractivity contribution is 7.03. The second-order valence-corrected chi connectivity index (χ2v) is 3.61. The van der Waals surface area contributed by atoms with Gasteiger partial charge in [-0.05, 0) is 18.5 Å². The number of aromatic nitrogens is 5. The van der Waals surface area contributed by atoms with Crippen LogP contribution in [0.4, 0.5) is 0 Å². The highest BCUT2D eigenvalue weighted by Gasteiger charge is 2.09. The zero-order chi connectivity index (χ0) is 9.97. The first-order chi connectivity index (χ1) is 6.77. The molecule has 2 aromatic heterocycles. The Kier molecular flexibility index (Phi) is 2.51. The topological polar surface area (TPSA) is 82.5 Å². The summed E-state index contributed by atoms with van der Waals surface area (Å²) in [6.45, 7) is 2.47. The Hall–Kier alpha value is -1.34. The second-order valence-electron chi connectivity index (χ2n) is 3.00. The van der Waals surface area contributed by atoms with E-state index in [-0.39, 0.29) is 6.04 Å². The van der Waals surface area contributed by atoms with E-state index in [1.807, 2.05) is 12.3 Å². The fraction of sp³-hybridized carbons (Fsp3) is 0.429. The van der Waals surface area contributed by atoms with Crippen LogP contribution in [0.25, 0.3) is 0 Å². The minimum Gasteiger partial charge on any atom is -0.323 e. The Balaban J connectivity index is 2.21. The van der Waals surface area contributed by atoms with Crippen LogP contribution in [0.2, 0.25) is 0 Å². The summed E-state index contributed by atoms with van der Waals surface area (Å²) in [5.74, 6) is 0. The number of rotatable bonds is 3. The minimum absolute atomic E-state index is 0.0726. The Morgan fingerprint density at radius 1 is 1.64 bits per heavy atom. The molecule has 0 saturated carbocycles. The van der Waals surface area contributed by atoms with Crippen molar-refractivity contribution in [1.82, 2.24) is 24.6 Å². The summed E-state index contributed by atoms with van der Waals surface area (Å²) in [6.07, 6.45) is 1.67. The summed E-state index contributed by atoms with van der Waals surface area (Å²) in [5.41, 5.74) is 7.53. The van der Waals surface area contributed by atoms with Crippen molar-refractivity contribution in [2.24, 2.45) is 5.73 Å². The van der Waals surface area contributed by atoms with E-state index in [0.717, 1.165) is 11.4 Å². The normalized spacial score (nSPS) is 13.0. The van der Waals surface area contributed by atoms with Crippen molar-refractivity contribution >= 4 is 11.5 Å². The molecule has 2 aromatic rings. The summed E-state index contributed by atoms with van der Waals surface area (Å²) in [5, 5.41) is 13.6. The third-order valence-electron chi connectivity index (χ3n) is 1.83. The second kappa shape index (κ2) is 3.81. The highest BCUT2D eigenvalue weighted by Crippen LogP contribution is 2.08. The molecule has 0 radical (unpaired) electrons. The van der Waals surface area contributed by atoms with Gasteiger partial charge in [-0.2, -0.15) is 0 Å². The first-order valence-electron chi connectivity index (χ1n) is 4.17.